The molecule has 0 bridgehead atoms. The van der Waals surface area contributed by atoms with Crippen molar-refractivity contribution in [3.8, 4) is 5.69 Å². The number of aromatic nitrogens is 3. The minimum atomic E-state index is -1.11. The van der Waals surface area contributed by atoms with Gasteiger partial charge in [-0.3, -0.25) is 0 Å². The van der Waals surface area contributed by atoms with Crippen LogP contribution in [0.4, 0.5) is 0 Å². The van der Waals surface area contributed by atoms with Crippen LogP contribution in [0.2, 0.25) is 0 Å². The van der Waals surface area contributed by atoms with Crippen molar-refractivity contribution in [2.45, 2.75) is 26.7 Å². The fraction of sp³-hybridized carbons (Fsp3) is 0.308. The third-order valence-electron chi connectivity index (χ3n) is 2.61. The summed E-state index contributed by atoms with van der Waals surface area (Å²) in [6.45, 7) is 3.99. The lowest BCUT2D eigenvalue weighted by Gasteiger charge is -2.06. The van der Waals surface area contributed by atoms with Gasteiger partial charge in [0.1, 0.15) is 5.82 Å². The number of halogens is 1. The number of hydrogen-bond acceptors (Lipinski definition) is 3. The summed E-state index contributed by atoms with van der Waals surface area (Å²) in [5.74, 6) is -0.610. The molecule has 100 valence electrons. The molecular formula is C13H14BrN3O2. The van der Waals surface area contributed by atoms with Crippen LogP contribution >= 0.6 is 15.9 Å². The van der Waals surface area contributed by atoms with E-state index in [9.17, 15) is 4.79 Å². The van der Waals surface area contributed by atoms with Crippen molar-refractivity contribution in [1.82, 2.24) is 14.8 Å². The molecule has 1 aromatic heterocycles. The van der Waals surface area contributed by atoms with Gasteiger partial charge in [0.15, 0.2) is 0 Å². The van der Waals surface area contributed by atoms with Gasteiger partial charge in [0.05, 0.1) is 5.69 Å². The van der Waals surface area contributed by atoms with Gasteiger partial charge in [-0.15, -0.1) is 5.10 Å². The highest BCUT2D eigenvalue weighted by molar-refractivity contribution is 9.10. The van der Waals surface area contributed by atoms with E-state index >= 15 is 0 Å². The molecule has 0 spiro atoms. The third kappa shape index (κ3) is 3.01. The van der Waals surface area contributed by atoms with Crippen molar-refractivity contribution in [3.05, 3.63) is 39.9 Å². The zero-order valence-corrected chi connectivity index (χ0v) is 12.3. The molecule has 0 aliphatic rings. The second-order valence-electron chi connectivity index (χ2n) is 4.31. The van der Waals surface area contributed by atoms with E-state index in [1.54, 1.807) is 4.68 Å². The first-order valence-corrected chi connectivity index (χ1v) is 6.77. The molecule has 2 rings (SSSR count). The Balaban J connectivity index is 2.55. The molecule has 0 saturated carbocycles. The smallest absolute Gasteiger partial charge is 0.375 e. The number of carboxylic acid groups (broad SMARTS) is 1. The van der Waals surface area contributed by atoms with Crippen LogP contribution in [0.1, 0.15) is 35.4 Å². The topological polar surface area (TPSA) is 68.0 Å². The lowest BCUT2D eigenvalue weighted by molar-refractivity contribution is 0.0683. The van der Waals surface area contributed by atoms with Crippen molar-refractivity contribution < 1.29 is 9.90 Å². The quantitative estimate of drug-likeness (QED) is 0.939. The summed E-state index contributed by atoms with van der Waals surface area (Å²) in [4.78, 5) is 15.1. The van der Waals surface area contributed by atoms with Crippen molar-refractivity contribution in [2.75, 3.05) is 0 Å². The molecule has 0 radical (unpaired) electrons. The fourth-order valence-corrected chi connectivity index (χ4v) is 2.46. The van der Waals surface area contributed by atoms with Crippen LogP contribution in [0.3, 0.4) is 0 Å². The fourth-order valence-electron chi connectivity index (χ4n) is 1.87. The van der Waals surface area contributed by atoms with Gasteiger partial charge < -0.3 is 5.11 Å². The Kier molecular flexibility index (Phi) is 3.99. The van der Waals surface area contributed by atoms with Gasteiger partial charge in [-0.2, -0.15) is 0 Å². The van der Waals surface area contributed by atoms with Gasteiger partial charge in [-0.25, -0.2) is 14.5 Å². The molecule has 0 saturated heterocycles. The molecule has 0 aliphatic heterocycles. The Morgan fingerprint density at radius 2 is 2.16 bits per heavy atom. The lowest BCUT2D eigenvalue weighted by atomic mass is 10.2. The van der Waals surface area contributed by atoms with E-state index in [4.69, 9.17) is 5.11 Å². The van der Waals surface area contributed by atoms with Gasteiger partial charge in [-0.05, 0) is 37.1 Å². The average molecular weight is 324 g/mol. The van der Waals surface area contributed by atoms with Gasteiger partial charge in [0, 0.05) is 10.9 Å². The predicted molar refractivity (Wildman–Crippen MR) is 74.8 cm³/mol. The molecule has 0 atom stereocenters. The van der Waals surface area contributed by atoms with Gasteiger partial charge in [-0.1, -0.05) is 22.9 Å². The van der Waals surface area contributed by atoms with Crippen LogP contribution in [-0.4, -0.2) is 25.8 Å². The van der Waals surface area contributed by atoms with Crippen LogP contribution in [0.15, 0.2) is 22.7 Å². The predicted octanol–water partition coefficient (Wildman–Crippen LogP) is 2.99. The monoisotopic (exact) mass is 323 g/mol. The summed E-state index contributed by atoms with van der Waals surface area (Å²) in [7, 11) is 0. The number of carbonyl (C=O) groups is 1. The zero-order valence-electron chi connectivity index (χ0n) is 10.7. The number of hydrogen-bond donors (Lipinski definition) is 1. The third-order valence-corrected chi connectivity index (χ3v) is 3.07. The maximum Gasteiger partial charge on any atom is 0.375 e. The van der Waals surface area contributed by atoms with E-state index in [1.165, 1.54) is 0 Å². The van der Waals surface area contributed by atoms with Gasteiger partial charge >= 0.3 is 5.97 Å². The molecule has 0 aliphatic carbocycles. The summed E-state index contributed by atoms with van der Waals surface area (Å²) in [5.41, 5.74) is 1.88. The standard InChI is InChI=1S/C13H14BrN3O2/c1-3-4-11-15-12(13(18)19)16-17(11)10-6-8(2)5-9(14)7-10/h5-7H,3-4H2,1-2H3,(H,18,19). The Morgan fingerprint density at radius 3 is 2.74 bits per heavy atom. The molecule has 1 N–H and O–H groups in total. The average Bonchev–Trinajstić information content (AvgIpc) is 2.72. The van der Waals surface area contributed by atoms with Crippen molar-refractivity contribution in [3.63, 3.8) is 0 Å². The summed E-state index contributed by atoms with van der Waals surface area (Å²) < 4.78 is 2.53. The van der Waals surface area contributed by atoms with E-state index in [2.05, 4.69) is 26.0 Å². The number of aromatic carboxylic acids is 1. The van der Waals surface area contributed by atoms with Crippen LogP contribution in [0, 0.1) is 6.92 Å². The summed E-state index contributed by atoms with van der Waals surface area (Å²) in [6, 6.07) is 5.83. The first kappa shape index (κ1) is 13.7. The Labute approximate surface area is 119 Å². The minimum absolute atomic E-state index is 0.166. The lowest BCUT2D eigenvalue weighted by Crippen LogP contribution is -2.04. The molecule has 2 aromatic rings. The molecule has 19 heavy (non-hydrogen) atoms. The molecule has 5 nitrogen and oxygen atoms in total. The number of rotatable bonds is 4. The molecule has 1 aromatic carbocycles. The second-order valence-corrected chi connectivity index (χ2v) is 5.22. The number of benzene rings is 1. The van der Waals surface area contributed by atoms with Crippen molar-refractivity contribution in [2.24, 2.45) is 0 Å². The highest BCUT2D eigenvalue weighted by Crippen LogP contribution is 2.19. The Morgan fingerprint density at radius 1 is 1.42 bits per heavy atom. The van der Waals surface area contributed by atoms with E-state index in [-0.39, 0.29) is 5.82 Å². The molecule has 6 heteroatoms. The Bertz CT molecular complexity index is 602. The molecule has 0 unspecified atom stereocenters. The molecule has 1 heterocycles. The van der Waals surface area contributed by atoms with E-state index < -0.39 is 5.97 Å². The number of nitrogens with zero attached hydrogens (tertiary/aromatic N) is 3. The van der Waals surface area contributed by atoms with E-state index in [1.807, 2.05) is 32.0 Å². The molecular weight excluding hydrogens is 310 g/mol. The minimum Gasteiger partial charge on any atom is -0.475 e. The second kappa shape index (κ2) is 5.52. The Hall–Kier alpha value is -1.69. The first-order chi connectivity index (χ1) is 9.01. The van der Waals surface area contributed by atoms with Crippen molar-refractivity contribution in [1.29, 1.82) is 0 Å². The molecule has 0 amide bonds. The van der Waals surface area contributed by atoms with Crippen LogP contribution in [-0.2, 0) is 6.42 Å². The highest BCUT2D eigenvalue weighted by atomic mass is 79.9. The number of carboxylic acids is 1. The normalized spacial score (nSPS) is 10.7. The number of aryl methyl sites for hydroxylation is 2. The van der Waals surface area contributed by atoms with Crippen LogP contribution in [0.5, 0.6) is 0 Å². The summed E-state index contributed by atoms with van der Waals surface area (Å²) in [6.07, 6.45) is 1.57. The van der Waals surface area contributed by atoms with Crippen molar-refractivity contribution >= 4 is 21.9 Å². The van der Waals surface area contributed by atoms with Gasteiger partial charge in [0.25, 0.3) is 5.82 Å². The zero-order chi connectivity index (χ0) is 14.0. The van der Waals surface area contributed by atoms with Crippen LogP contribution in [0.25, 0.3) is 5.69 Å². The maximum atomic E-state index is 11.0. The summed E-state index contributed by atoms with van der Waals surface area (Å²) in [5, 5.41) is 13.1. The van der Waals surface area contributed by atoms with Crippen LogP contribution < -0.4 is 0 Å². The largest absolute Gasteiger partial charge is 0.475 e. The van der Waals surface area contributed by atoms with E-state index in [0.717, 1.165) is 22.1 Å². The maximum absolute atomic E-state index is 11.0. The van der Waals surface area contributed by atoms with Gasteiger partial charge in [0.2, 0.25) is 0 Å². The first-order valence-electron chi connectivity index (χ1n) is 5.98. The molecule has 0 fully saturated rings. The highest BCUT2D eigenvalue weighted by Gasteiger charge is 2.16. The SMILES string of the molecule is CCCc1nc(C(=O)O)nn1-c1cc(C)cc(Br)c1. The van der Waals surface area contributed by atoms with E-state index in [0.29, 0.717) is 12.2 Å². The summed E-state index contributed by atoms with van der Waals surface area (Å²) >= 11 is 3.43.